The van der Waals surface area contributed by atoms with Crippen LogP contribution in [0.2, 0.25) is 0 Å². The summed E-state index contributed by atoms with van der Waals surface area (Å²) in [5.41, 5.74) is -0.894. The molecule has 108 valence electrons. The normalized spacial score (nSPS) is 32.8. The molecule has 2 rings (SSSR count). The van der Waals surface area contributed by atoms with E-state index in [1.165, 1.54) is 0 Å². The largest absolute Gasteiger partial charge is 0.455 e. The van der Waals surface area contributed by atoms with Crippen LogP contribution >= 0.6 is 23.2 Å². The van der Waals surface area contributed by atoms with Gasteiger partial charge in [-0.05, 0) is 13.8 Å². The lowest BCUT2D eigenvalue weighted by Crippen LogP contribution is -2.46. The summed E-state index contributed by atoms with van der Waals surface area (Å²) in [6.07, 6.45) is 0.359. The van der Waals surface area contributed by atoms with Crippen LogP contribution in [-0.2, 0) is 19.1 Å². The smallest absolute Gasteiger partial charge is 0.315 e. The molecule has 1 aliphatic carbocycles. The monoisotopic (exact) mass is 309 g/mol. The third kappa shape index (κ3) is 2.98. The van der Waals surface area contributed by atoms with E-state index in [1.807, 2.05) is 6.92 Å². The Morgan fingerprint density at radius 1 is 1.47 bits per heavy atom. The average molecular weight is 310 g/mol. The number of morpholine rings is 1. The number of amides is 1. The van der Waals surface area contributed by atoms with E-state index in [0.29, 0.717) is 26.1 Å². The lowest BCUT2D eigenvalue weighted by Gasteiger charge is -2.31. The lowest BCUT2D eigenvalue weighted by molar-refractivity contribution is -0.158. The molecule has 2 unspecified atom stereocenters. The molecule has 0 N–H and O–H groups in total. The second-order valence-electron chi connectivity index (χ2n) is 5.31. The number of rotatable bonds is 3. The van der Waals surface area contributed by atoms with Gasteiger partial charge in [0, 0.05) is 19.5 Å². The summed E-state index contributed by atoms with van der Waals surface area (Å²) in [5, 5.41) is 0. The van der Waals surface area contributed by atoms with Gasteiger partial charge in [-0.25, -0.2) is 0 Å². The molecular weight excluding hydrogens is 293 g/mol. The molecule has 2 aliphatic rings. The van der Waals surface area contributed by atoms with Crippen LogP contribution in [-0.4, -0.2) is 53.5 Å². The molecule has 5 nitrogen and oxygen atoms in total. The van der Waals surface area contributed by atoms with Gasteiger partial charge in [0.05, 0.1) is 12.7 Å². The number of halogens is 2. The predicted octanol–water partition coefficient (Wildman–Crippen LogP) is 1.36. The van der Waals surface area contributed by atoms with Gasteiger partial charge in [0.1, 0.15) is 9.75 Å². The summed E-state index contributed by atoms with van der Waals surface area (Å²) in [6, 6.07) is 0. The molecular formula is C12H17Cl2NO4. The van der Waals surface area contributed by atoms with Gasteiger partial charge in [-0.1, -0.05) is 0 Å². The SMILES string of the molecule is CC1CN(C(=O)COC(=O)C2(C)CC2(Cl)Cl)CCO1. The van der Waals surface area contributed by atoms with Crippen molar-refractivity contribution in [3.8, 4) is 0 Å². The summed E-state index contributed by atoms with van der Waals surface area (Å²) in [4.78, 5) is 25.3. The third-order valence-corrected chi connectivity index (χ3v) is 4.73. The number of nitrogens with zero attached hydrogens (tertiary/aromatic N) is 1. The molecule has 0 radical (unpaired) electrons. The van der Waals surface area contributed by atoms with Gasteiger partial charge >= 0.3 is 5.97 Å². The molecule has 1 heterocycles. The zero-order chi connectivity index (χ0) is 14.3. The first kappa shape index (κ1) is 14.9. The second-order valence-corrected chi connectivity index (χ2v) is 6.79. The Morgan fingerprint density at radius 3 is 2.63 bits per heavy atom. The molecule has 0 aromatic rings. The summed E-state index contributed by atoms with van der Waals surface area (Å²) in [5.74, 6) is -0.741. The zero-order valence-electron chi connectivity index (χ0n) is 10.9. The van der Waals surface area contributed by atoms with Gasteiger partial charge < -0.3 is 14.4 Å². The Hall–Kier alpha value is -0.520. The molecule has 1 saturated carbocycles. The topological polar surface area (TPSA) is 55.8 Å². The summed E-state index contributed by atoms with van der Waals surface area (Å²) in [6.45, 7) is 4.80. The van der Waals surface area contributed by atoms with E-state index < -0.39 is 15.7 Å². The average Bonchev–Trinajstić information content (AvgIpc) is 2.86. The first-order valence-electron chi connectivity index (χ1n) is 6.21. The number of alkyl halides is 2. The Bertz CT molecular complexity index is 401. The predicted molar refractivity (Wildman–Crippen MR) is 70.1 cm³/mol. The molecule has 19 heavy (non-hydrogen) atoms. The van der Waals surface area contributed by atoms with Crippen molar-refractivity contribution in [1.29, 1.82) is 0 Å². The Morgan fingerprint density at radius 2 is 2.11 bits per heavy atom. The van der Waals surface area contributed by atoms with Crippen LogP contribution in [0.25, 0.3) is 0 Å². The molecule has 0 spiro atoms. The highest BCUT2D eigenvalue weighted by Gasteiger charge is 2.69. The number of carbonyl (C=O) groups excluding carboxylic acids is 2. The van der Waals surface area contributed by atoms with Crippen LogP contribution in [0.4, 0.5) is 0 Å². The van der Waals surface area contributed by atoms with Gasteiger partial charge in [-0.3, -0.25) is 9.59 Å². The van der Waals surface area contributed by atoms with Crippen LogP contribution in [0.3, 0.4) is 0 Å². The Kier molecular flexibility index (Phi) is 4.00. The highest BCUT2D eigenvalue weighted by molar-refractivity contribution is 6.53. The van der Waals surface area contributed by atoms with Crippen molar-refractivity contribution in [2.24, 2.45) is 5.41 Å². The summed E-state index contributed by atoms with van der Waals surface area (Å²) in [7, 11) is 0. The van der Waals surface area contributed by atoms with E-state index in [-0.39, 0.29) is 18.6 Å². The number of hydrogen-bond acceptors (Lipinski definition) is 4. The van der Waals surface area contributed by atoms with Crippen LogP contribution < -0.4 is 0 Å². The van der Waals surface area contributed by atoms with E-state index in [9.17, 15) is 9.59 Å². The molecule has 7 heteroatoms. The first-order chi connectivity index (χ1) is 8.76. The fourth-order valence-corrected chi connectivity index (χ4v) is 2.73. The van der Waals surface area contributed by atoms with Gasteiger partial charge in [-0.2, -0.15) is 0 Å². The highest BCUT2D eigenvalue weighted by Crippen LogP contribution is 2.64. The molecule has 1 aliphatic heterocycles. The lowest BCUT2D eigenvalue weighted by atomic mass is 10.1. The van der Waals surface area contributed by atoms with E-state index in [4.69, 9.17) is 32.7 Å². The number of ether oxygens (including phenoxy) is 2. The van der Waals surface area contributed by atoms with Crippen molar-refractivity contribution in [3.05, 3.63) is 0 Å². The zero-order valence-corrected chi connectivity index (χ0v) is 12.5. The molecule has 0 aromatic carbocycles. The van der Waals surface area contributed by atoms with E-state index in [0.717, 1.165) is 0 Å². The van der Waals surface area contributed by atoms with Crippen molar-refractivity contribution in [2.75, 3.05) is 26.3 Å². The molecule has 1 amide bonds. The van der Waals surface area contributed by atoms with Gasteiger partial charge in [-0.15, -0.1) is 23.2 Å². The molecule has 0 bridgehead atoms. The third-order valence-electron chi connectivity index (χ3n) is 3.63. The molecule has 2 fully saturated rings. The van der Waals surface area contributed by atoms with Gasteiger partial charge in [0.15, 0.2) is 6.61 Å². The first-order valence-corrected chi connectivity index (χ1v) is 6.96. The molecule has 1 saturated heterocycles. The van der Waals surface area contributed by atoms with E-state index >= 15 is 0 Å². The van der Waals surface area contributed by atoms with Gasteiger partial charge in [0.25, 0.3) is 5.91 Å². The maximum Gasteiger partial charge on any atom is 0.315 e. The standard InChI is InChI=1S/C12H17Cl2NO4/c1-8-5-15(3-4-18-8)9(16)6-19-10(17)11(2)7-12(11,13)14/h8H,3-7H2,1-2H3. The second kappa shape index (κ2) is 5.11. The molecule has 2 atom stereocenters. The maximum atomic E-state index is 11.9. The maximum absolute atomic E-state index is 11.9. The minimum atomic E-state index is -1.07. The number of carbonyl (C=O) groups is 2. The minimum Gasteiger partial charge on any atom is -0.455 e. The van der Waals surface area contributed by atoms with Crippen LogP contribution in [0, 0.1) is 5.41 Å². The Balaban J connectivity index is 1.79. The molecule has 0 aromatic heterocycles. The van der Waals surface area contributed by atoms with Gasteiger partial charge in [0.2, 0.25) is 0 Å². The van der Waals surface area contributed by atoms with Crippen molar-refractivity contribution < 1.29 is 19.1 Å². The van der Waals surface area contributed by atoms with Crippen molar-refractivity contribution in [2.45, 2.75) is 30.7 Å². The van der Waals surface area contributed by atoms with E-state index in [1.54, 1.807) is 11.8 Å². The minimum absolute atomic E-state index is 0.00712. The van der Waals surface area contributed by atoms with Crippen LogP contribution in [0.1, 0.15) is 20.3 Å². The fraction of sp³-hybridized carbons (Fsp3) is 0.833. The summed E-state index contributed by atoms with van der Waals surface area (Å²) < 4.78 is 9.28. The van der Waals surface area contributed by atoms with Crippen molar-refractivity contribution in [1.82, 2.24) is 4.90 Å². The Labute approximate surface area is 122 Å². The quantitative estimate of drug-likeness (QED) is 0.583. The van der Waals surface area contributed by atoms with Crippen molar-refractivity contribution in [3.63, 3.8) is 0 Å². The number of hydrogen-bond donors (Lipinski definition) is 0. The fourth-order valence-electron chi connectivity index (χ4n) is 2.04. The van der Waals surface area contributed by atoms with Crippen LogP contribution in [0.15, 0.2) is 0 Å². The summed E-state index contributed by atoms with van der Waals surface area (Å²) >= 11 is 11.8. The van der Waals surface area contributed by atoms with Crippen LogP contribution in [0.5, 0.6) is 0 Å². The number of esters is 1. The highest BCUT2D eigenvalue weighted by atomic mass is 35.5. The van der Waals surface area contributed by atoms with E-state index in [2.05, 4.69) is 0 Å². The van der Waals surface area contributed by atoms with Crippen molar-refractivity contribution >= 4 is 35.1 Å².